The highest BCUT2D eigenvalue weighted by Crippen LogP contribution is 2.19. The van der Waals surface area contributed by atoms with Gasteiger partial charge >= 0.3 is 0 Å². The molecule has 0 radical (unpaired) electrons. The Hall–Kier alpha value is -0.350. The molecule has 1 unspecified atom stereocenters. The van der Waals surface area contributed by atoms with Crippen molar-refractivity contribution in [3.8, 4) is 0 Å². The maximum absolute atomic E-state index is 4.47. The van der Waals surface area contributed by atoms with Crippen LogP contribution in [0.15, 0.2) is 6.07 Å². The van der Waals surface area contributed by atoms with Crippen LogP contribution in [0.3, 0.4) is 0 Å². The highest BCUT2D eigenvalue weighted by atomic mass is 79.9. The van der Waals surface area contributed by atoms with Crippen molar-refractivity contribution in [2.24, 2.45) is 0 Å². The van der Waals surface area contributed by atoms with Gasteiger partial charge in [-0.05, 0) is 32.9 Å². The summed E-state index contributed by atoms with van der Waals surface area (Å²) in [6.07, 6.45) is 1.26. The number of nitrogens with zero attached hydrogens (tertiary/aromatic N) is 3. The third-order valence-corrected chi connectivity index (χ3v) is 3.63. The summed E-state index contributed by atoms with van der Waals surface area (Å²) in [6.45, 7) is 8.57. The quantitative estimate of drug-likeness (QED) is 0.786. The summed E-state index contributed by atoms with van der Waals surface area (Å²) in [5.74, 6) is 0. The zero-order chi connectivity index (χ0) is 10.8. The van der Waals surface area contributed by atoms with Crippen LogP contribution in [0.4, 0.5) is 0 Å². The van der Waals surface area contributed by atoms with Gasteiger partial charge in [-0.15, -0.1) is 0 Å². The predicted octanol–water partition coefficient (Wildman–Crippen LogP) is 2.18. The minimum Gasteiger partial charge on any atom is -0.296 e. The molecule has 1 fully saturated rings. The van der Waals surface area contributed by atoms with Crippen LogP contribution in [-0.2, 0) is 13.1 Å². The van der Waals surface area contributed by atoms with Crippen molar-refractivity contribution in [2.45, 2.75) is 38.2 Å². The van der Waals surface area contributed by atoms with Crippen LogP contribution in [0, 0.1) is 6.92 Å². The first-order valence-corrected chi connectivity index (χ1v) is 6.50. The van der Waals surface area contributed by atoms with E-state index in [1.165, 1.54) is 18.7 Å². The van der Waals surface area contributed by atoms with Crippen molar-refractivity contribution in [3.63, 3.8) is 0 Å². The summed E-state index contributed by atoms with van der Waals surface area (Å²) in [7, 11) is 0. The molecule has 0 N–H and O–H groups in total. The van der Waals surface area contributed by atoms with Crippen LogP contribution < -0.4 is 0 Å². The molecule has 0 aromatic carbocycles. The molecule has 0 aliphatic carbocycles. The molecule has 0 amide bonds. The fraction of sp³-hybridized carbons (Fsp3) is 0.727. The van der Waals surface area contributed by atoms with Crippen molar-refractivity contribution in [1.29, 1.82) is 0 Å². The zero-order valence-corrected chi connectivity index (χ0v) is 11.0. The van der Waals surface area contributed by atoms with E-state index in [0.717, 1.165) is 25.3 Å². The van der Waals surface area contributed by atoms with Gasteiger partial charge in [0.1, 0.15) is 0 Å². The minimum atomic E-state index is 0.677. The van der Waals surface area contributed by atoms with Crippen molar-refractivity contribution in [1.82, 2.24) is 14.7 Å². The summed E-state index contributed by atoms with van der Waals surface area (Å²) in [6, 6.07) is 2.20. The second-order valence-corrected chi connectivity index (χ2v) is 5.51. The lowest BCUT2D eigenvalue weighted by molar-refractivity contribution is 0.320. The zero-order valence-electron chi connectivity index (χ0n) is 9.41. The van der Waals surface area contributed by atoms with E-state index in [0.29, 0.717) is 4.83 Å². The van der Waals surface area contributed by atoms with Gasteiger partial charge in [0.2, 0.25) is 0 Å². The minimum absolute atomic E-state index is 0.677. The van der Waals surface area contributed by atoms with Gasteiger partial charge in [0, 0.05) is 24.5 Å². The fourth-order valence-corrected chi connectivity index (χ4v) is 2.77. The Morgan fingerprint density at radius 3 is 3.00 bits per heavy atom. The number of alkyl halides is 1. The predicted molar refractivity (Wildman–Crippen MR) is 65.2 cm³/mol. The fourth-order valence-electron chi connectivity index (χ4n) is 2.16. The maximum Gasteiger partial charge on any atom is 0.0597 e. The Labute approximate surface area is 99.6 Å². The van der Waals surface area contributed by atoms with E-state index < -0.39 is 0 Å². The number of aromatic nitrogens is 2. The van der Waals surface area contributed by atoms with E-state index in [1.54, 1.807) is 0 Å². The lowest BCUT2D eigenvalue weighted by Crippen LogP contribution is -2.22. The molecule has 15 heavy (non-hydrogen) atoms. The van der Waals surface area contributed by atoms with Crippen molar-refractivity contribution >= 4 is 15.9 Å². The number of hydrogen-bond acceptors (Lipinski definition) is 2. The van der Waals surface area contributed by atoms with Gasteiger partial charge in [-0.2, -0.15) is 5.10 Å². The van der Waals surface area contributed by atoms with Crippen LogP contribution in [0.5, 0.6) is 0 Å². The van der Waals surface area contributed by atoms with Gasteiger partial charge in [-0.1, -0.05) is 15.9 Å². The number of rotatable bonds is 3. The Kier molecular flexibility index (Phi) is 3.46. The molecule has 2 heterocycles. The summed E-state index contributed by atoms with van der Waals surface area (Å²) < 4.78 is 2.11. The molecule has 1 aromatic heterocycles. The van der Waals surface area contributed by atoms with Crippen LogP contribution in [0.1, 0.15) is 24.7 Å². The molecule has 2 rings (SSSR count). The van der Waals surface area contributed by atoms with Gasteiger partial charge in [0.05, 0.1) is 11.4 Å². The molecule has 0 saturated carbocycles. The van der Waals surface area contributed by atoms with Crippen molar-refractivity contribution in [2.75, 3.05) is 13.1 Å². The largest absolute Gasteiger partial charge is 0.296 e. The molecule has 0 spiro atoms. The lowest BCUT2D eigenvalue weighted by Gasteiger charge is -2.15. The third kappa shape index (κ3) is 2.61. The summed E-state index contributed by atoms with van der Waals surface area (Å²) in [4.78, 5) is 3.17. The van der Waals surface area contributed by atoms with E-state index in [1.807, 2.05) is 0 Å². The second kappa shape index (κ2) is 4.66. The highest BCUT2D eigenvalue weighted by Gasteiger charge is 2.20. The first kappa shape index (κ1) is 11.1. The molecule has 3 nitrogen and oxygen atoms in total. The van der Waals surface area contributed by atoms with E-state index in [4.69, 9.17) is 0 Å². The number of halogens is 1. The molecule has 0 bridgehead atoms. The third-order valence-electron chi connectivity index (χ3n) is 2.89. The molecule has 1 aliphatic heterocycles. The second-order valence-electron chi connectivity index (χ2n) is 4.21. The summed E-state index contributed by atoms with van der Waals surface area (Å²) in [5.41, 5.74) is 2.47. The standard InChI is InChI=1S/C11H18BrN3/c1-3-15-11(6-9(2)13-15)8-14-5-4-10(12)7-14/h6,10H,3-5,7-8H2,1-2H3. The average molecular weight is 272 g/mol. The van der Waals surface area contributed by atoms with Crippen LogP contribution in [0.25, 0.3) is 0 Å². The van der Waals surface area contributed by atoms with E-state index >= 15 is 0 Å². The van der Waals surface area contributed by atoms with Gasteiger partial charge < -0.3 is 0 Å². The summed E-state index contributed by atoms with van der Waals surface area (Å²) in [5, 5.41) is 4.47. The Balaban J connectivity index is 2.03. The molecule has 1 atom stereocenters. The monoisotopic (exact) mass is 271 g/mol. The van der Waals surface area contributed by atoms with Gasteiger partial charge in [0.15, 0.2) is 0 Å². The van der Waals surface area contributed by atoms with Crippen LogP contribution in [0.2, 0.25) is 0 Å². The first-order valence-electron chi connectivity index (χ1n) is 5.58. The van der Waals surface area contributed by atoms with Crippen molar-refractivity contribution in [3.05, 3.63) is 17.5 Å². The van der Waals surface area contributed by atoms with Crippen LogP contribution in [-0.4, -0.2) is 32.6 Å². The smallest absolute Gasteiger partial charge is 0.0597 e. The maximum atomic E-state index is 4.47. The number of likely N-dealkylation sites (tertiary alicyclic amines) is 1. The lowest BCUT2D eigenvalue weighted by atomic mass is 10.3. The highest BCUT2D eigenvalue weighted by molar-refractivity contribution is 9.09. The molecular weight excluding hydrogens is 254 g/mol. The summed E-state index contributed by atoms with van der Waals surface area (Å²) >= 11 is 3.67. The Morgan fingerprint density at radius 2 is 2.40 bits per heavy atom. The first-order chi connectivity index (χ1) is 7.19. The average Bonchev–Trinajstić information content (AvgIpc) is 2.73. The molecule has 1 aromatic rings. The molecule has 84 valence electrons. The normalized spacial score (nSPS) is 22.5. The van der Waals surface area contributed by atoms with Crippen LogP contribution >= 0.6 is 15.9 Å². The Morgan fingerprint density at radius 1 is 1.60 bits per heavy atom. The topological polar surface area (TPSA) is 21.1 Å². The van der Waals surface area contributed by atoms with Crippen molar-refractivity contribution < 1.29 is 0 Å². The number of hydrogen-bond donors (Lipinski definition) is 0. The number of aryl methyl sites for hydroxylation is 2. The van der Waals surface area contributed by atoms with Gasteiger partial charge in [-0.3, -0.25) is 9.58 Å². The van der Waals surface area contributed by atoms with E-state index in [2.05, 4.69) is 50.5 Å². The van der Waals surface area contributed by atoms with Gasteiger partial charge in [0.25, 0.3) is 0 Å². The molecule has 4 heteroatoms. The van der Waals surface area contributed by atoms with Gasteiger partial charge in [-0.25, -0.2) is 0 Å². The van der Waals surface area contributed by atoms with E-state index in [9.17, 15) is 0 Å². The van der Waals surface area contributed by atoms with E-state index in [-0.39, 0.29) is 0 Å². The Bertz CT molecular complexity index is 335. The molecule has 1 saturated heterocycles. The molecular formula is C11H18BrN3. The SMILES string of the molecule is CCn1nc(C)cc1CN1CCC(Br)C1. The molecule has 1 aliphatic rings.